The van der Waals surface area contributed by atoms with E-state index in [2.05, 4.69) is 0 Å². The zero-order valence-corrected chi connectivity index (χ0v) is 8.92. The summed E-state index contributed by atoms with van der Waals surface area (Å²) in [7, 11) is -2.15. The molecule has 1 aromatic carbocycles. The number of aliphatic hydroxyl groups excluding tert-OH is 1. The van der Waals surface area contributed by atoms with Gasteiger partial charge >= 0.3 is 0 Å². The van der Waals surface area contributed by atoms with Crippen molar-refractivity contribution in [3.63, 3.8) is 0 Å². The van der Waals surface area contributed by atoms with E-state index in [1.807, 2.05) is 24.3 Å². The van der Waals surface area contributed by atoms with E-state index in [9.17, 15) is 4.57 Å². The SMILES string of the molecule is CP(C)(=O)c1cccc(CCO)c1. The molecule has 0 saturated heterocycles. The average molecular weight is 198 g/mol. The maximum atomic E-state index is 11.7. The van der Waals surface area contributed by atoms with E-state index in [4.69, 9.17) is 5.11 Å². The molecule has 0 unspecified atom stereocenters. The second-order valence-electron chi connectivity index (χ2n) is 3.49. The predicted molar refractivity (Wildman–Crippen MR) is 56.3 cm³/mol. The van der Waals surface area contributed by atoms with Crippen LogP contribution >= 0.6 is 7.14 Å². The molecule has 0 saturated carbocycles. The first-order valence-electron chi connectivity index (χ1n) is 4.29. The van der Waals surface area contributed by atoms with Crippen LogP contribution in [0, 0.1) is 0 Å². The minimum absolute atomic E-state index is 0.140. The third-order valence-electron chi connectivity index (χ3n) is 1.93. The van der Waals surface area contributed by atoms with Gasteiger partial charge in [0.25, 0.3) is 0 Å². The summed E-state index contributed by atoms with van der Waals surface area (Å²) in [5.41, 5.74) is 1.05. The lowest BCUT2D eigenvalue weighted by atomic mass is 10.2. The largest absolute Gasteiger partial charge is 0.396 e. The quantitative estimate of drug-likeness (QED) is 0.747. The summed E-state index contributed by atoms with van der Waals surface area (Å²) in [6.45, 7) is 3.65. The van der Waals surface area contributed by atoms with Crippen molar-refractivity contribution in [3.8, 4) is 0 Å². The van der Waals surface area contributed by atoms with Crippen LogP contribution in [0.2, 0.25) is 0 Å². The lowest BCUT2D eigenvalue weighted by Crippen LogP contribution is -2.04. The Kier molecular flexibility index (Phi) is 3.29. The third kappa shape index (κ3) is 2.98. The van der Waals surface area contributed by atoms with Crippen molar-refractivity contribution >= 4 is 12.4 Å². The Morgan fingerprint density at radius 3 is 2.62 bits per heavy atom. The Morgan fingerprint density at radius 1 is 1.38 bits per heavy atom. The molecule has 0 spiro atoms. The molecule has 0 aliphatic heterocycles. The van der Waals surface area contributed by atoms with Crippen molar-refractivity contribution < 1.29 is 9.67 Å². The second-order valence-corrected chi connectivity index (χ2v) is 6.71. The van der Waals surface area contributed by atoms with Crippen LogP contribution in [0.4, 0.5) is 0 Å². The van der Waals surface area contributed by atoms with Gasteiger partial charge < -0.3 is 9.67 Å². The molecule has 0 fully saturated rings. The van der Waals surface area contributed by atoms with Gasteiger partial charge in [0.15, 0.2) is 0 Å². The highest BCUT2D eigenvalue weighted by Gasteiger charge is 2.10. The normalized spacial score (nSPS) is 11.6. The van der Waals surface area contributed by atoms with Crippen LogP contribution in [0.1, 0.15) is 5.56 Å². The molecule has 13 heavy (non-hydrogen) atoms. The topological polar surface area (TPSA) is 37.3 Å². The minimum Gasteiger partial charge on any atom is -0.396 e. The summed E-state index contributed by atoms with van der Waals surface area (Å²) < 4.78 is 11.7. The van der Waals surface area contributed by atoms with Gasteiger partial charge in [-0.3, -0.25) is 0 Å². The van der Waals surface area contributed by atoms with Crippen LogP contribution in [0.3, 0.4) is 0 Å². The fraction of sp³-hybridized carbons (Fsp3) is 0.400. The van der Waals surface area contributed by atoms with Crippen molar-refractivity contribution in [2.45, 2.75) is 6.42 Å². The molecule has 72 valence electrons. The first-order chi connectivity index (χ1) is 6.04. The van der Waals surface area contributed by atoms with E-state index < -0.39 is 7.14 Å². The summed E-state index contributed by atoms with van der Waals surface area (Å²) in [6.07, 6.45) is 0.633. The summed E-state index contributed by atoms with van der Waals surface area (Å²) >= 11 is 0. The highest BCUT2D eigenvalue weighted by atomic mass is 31.2. The monoisotopic (exact) mass is 198 g/mol. The number of benzene rings is 1. The molecule has 0 heterocycles. The maximum absolute atomic E-state index is 11.7. The highest BCUT2D eigenvalue weighted by Crippen LogP contribution is 2.34. The van der Waals surface area contributed by atoms with E-state index in [-0.39, 0.29) is 6.61 Å². The Morgan fingerprint density at radius 2 is 2.08 bits per heavy atom. The van der Waals surface area contributed by atoms with Gasteiger partial charge in [-0.1, -0.05) is 18.2 Å². The summed E-state index contributed by atoms with van der Waals surface area (Å²) in [5.74, 6) is 0. The van der Waals surface area contributed by atoms with Crippen molar-refractivity contribution in [2.24, 2.45) is 0 Å². The smallest absolute Gasteiger partial charge is 0.109 e. The number of hydrogen-bond donors (Lipinski definition) is 1. The van der Waals surface area contributed by atoms with Crippen LogP contribution in [-0.4, -0.2) is 25.0 Å². The molecule has 0 aromatic heterocycles. The molecule has 0 amide bonds. The fourth-order valence-corrected chi connectivity index (χ4v) is 2.10. The van der Waals surface area contributed by atoms with Crippen LogP contribution in [0.25, 0.3) is 0 Å². The van der Waals surface area contributed by atoms with Crippen molar-refractivity contribution in [1.29, 1.82) is 0 Å². The van der Waals surface area contributed by atoms with E-state index in [1.165, 1.54) is 0 Å². The molecule has 2 nitrogen and oxygen atoms in total. The van der Waals surface area contributed by atoms with E-state index in [0.717, 1.165) is 10.9 Å². The van der Waals surface area contributed by atoms with Gasteiger partial charge in [0.1, 0.15) is 7.14 Å². The van der Waals surface area contributed by atoms with Crippen LogP contribution in [0.5, 0.6) is 0 Å². The summed E-state index contributed by atoms with van der Waals surface area (Å²) in [6, 6.07) is 7.62. The van der Waals surface area contributed by atoms with Gasteiger partial charge in [0.2, 0.25) is 0 Å². The Balaban J connectivity index is 2.99. The summed E-state index contributed by atoms with van der Waals surface area (Å²) in [5, 5.41) is 9.63. The van der Waals surface area contributed by atoms with Crippen molar-refractivity contribution in [1.82, 2.24) is 0 Å². The lowest BCUT2D eigenvalue weighted by molar-refractivity contribution is 0.299. The number of aliphatic hydroxyl groups is 1. The van der Waals surface area contributed by atoms with Gasteiger partial charge in [-0.05, 0) is 31.4 Å². The van der Waals surface area contributed by atoms with Gasteiger partial charge in [-0.2, -0.15) is 0 Å². The van der Waals surface area contributed by atoms with Crippen LogP contribution < -0.4 is 5.30 Å². The van der Waals surface area contributed by atoms with Crippen LogP contribution in [0.15, 0.2) is 24.3 Å². The molecular weight excluding hydrogens is 183 g/mol. The molecule has 1 aromatic rings. The van der Waals surface area contributed by atoms with E-state index >= 15 is 0 Å². The molecular formula is C10H15O2P. The number of rotatable bonds is 3. The zero-order chi connectivity index (χ0) is 9.90. The van der Waals surface area contributed by atoms with Gasteiger partial charge in [-0.15, -0.1) is 0 Å². The van der Waals surface area contributed by atoms with Gasteiger partial charge in [-0.25, -0.2) is 0 Å². The Hall–Kier alpha value is -0.590. The molecule has 0 aliphatic rings. The average Bonchev–Trinajstić information content (AvgIpc) is 2.04. The molecule has 1 rings (SSSR count). The molecule has 0 atom stereocenters. The minimum atomic E-state index is -2.15. The van der Waals surface area contributed by atoms with E-state index in [1.54, 1.807) is 13.3 Å². The second kappa shape index (κ2) is 4.08. The fourth-order valence-electron chi connectivity index (χ4n) is 1.18. The third-order valence-corrected chi connectivity index (χ3v) is 3.45. The maximum Gasteiger partial charge on any atom is 0.109 e. The van der Waals surface area contributed by atoms with E-state index in [0.29, 0.717) is 6.42 Å². The first kappa shape index (κ1) is 10.5. The molecule has 3 heteroatoms. The Bertz CT molecular complexity index is 327. The van der Waals surface area contributed by atoms with Crippen molar-refractivity contribution in [3.05, 3.63) is 29.8 Å². The Labute approximate surface area is 79.0 Å². The molecule has 1 N–H and O–H groups in total. The zero-order valence-electron chi connectivity index (χ0n) is 8.03. The van der Waals surface area contributed by atoms with Crippen LogP contribution in [-0.2, 0) is 11.0 Å². The molecule has 0 radical (unpaired) electrons. The standard InChI is InChI=1S/C10H15O2P/c1-13(2,12)10-5-3-4-9(8-10)6-7-11/h3-5,8,11H,6-7H2,1-2H3. The van der Waals surface area contributed by atoms with Gasteiger partial charge in [0.05, 0.1) is 0 Å². The lowest BCUT2D eigenvalue weighted by Gasteiger charge is -2.08. The highest BCUT2D eigenvalue weighted by molar-refractivity contribution is 7.70. The van der Waals surface area contributed by atoms with Crippen molar-refractivity contribution in [2.75, 3.05) is 19.9 Å². The predicted octanol–water partition coefficient (Wildman–Crippen LogP) is 1.47. The number of hydrogen-bond acceptors (Lipinski definition) is 2. The summed E-state index contributed by atoms with van der Waals surface area (Å²) in [4.78, 5) is 0. The molecule has 0 aliphatic carbocycles. The molecule has 0 bridgehead atoms. The van der Waals surface area contributed by atoms with Gasteiger partial charge in [0, 0.05) is 11.9 Å². The first-order valence-corrected chi connectivity index (χ1v) is 6.89.